The normalized spacial score (nSPS) is 28.2. The molecule has 0 radical (unpaired) electrons. The van der Waals surface area contributed by atoms with Crippen LogP contribution in [0.25, 0.3) is 0 Å². The number of rotatable bonds is 9. The lowest BCUT2D eigenvalue weighted by molar-refractivity contribution is -0.0589. The molecule has 2 saturated heterocycles. The second-order valence-corrected chi connectivity index (χ2v) is 8.06. The van der Waals surface area contributed by atoms with Gasteiger partial charge in [-0.05, 0) is 69.8 Å². The smallest absolute Gasteiger partial charge is 0.157 e. The SMILES string of the molecule is C=C1C[C@H](CCC2OCCO2)O[C@H]1CC[C@@H](O)C[C@H](C)C(=C)I. The minimum Gasteiger partial charge on any atom is -0.393 e. The fourth-order valence-electron chi connectivity index (χ4n) is 3.14. The summed E-state index contributed by atoms with van der Waals surface area (Å²) in [7, 11) is 0. The third kappa shape index (κ3) is 6.46. The van der Waals surface area contributed by atoms with Gasteiger partial charge in [-0.15, -0.1) is 0 Å². The third-order valence-corrected chi connectivity index (χ3v) is 5.70. The van der Waals surface area contributed by atoms with Crippen molar-refractivity contribution < 1.29 is 19.3 Å². The first-order chi connectivity index (χ1) is 11.0. The predicted molar refractivity (Wildman–Crippen MR) is 99.5 cm³/mol. The van der Waals surface area contributed by atoms with Crippen molar-refractivity contribution in [2.24, 2.45) is 5.92 Å². The molecule has 2 aliphatic rings. The van der Waals surface area contributed by atoms with E-state index in [0.29, 0.717) is 19.1 Å². The van der Waals surface area contributed by atoms with Crippen LogP contribution in [-0.4, -0.2) is 42.9 Å². The molecule has 0 aliphatic carbocycles. The van der Waals surface area contributed by atoms with E-state index in [9.17, 15) is 5.11 Å². The van der Waals surface area contributed by atoms with Crippen LogP contribution >= 0.6 is 22.6 Å². The van der Waals surface area contributed by atoms with Crippen molar-refractivity contribution in [3.05, 3.63) is 22.3 Å². The third-order valence-electron chi connectivity index (χ3n) is 4.64. The Balaban J connectivity index is 1.65. The van der Waals surface area contributed by atoms with Crippen molar-refractivity contribution in [2.45, 2.75) is 70.1 Å². The summed E-state index contributed by atoms with van der Waals surface area (Å²) in [4.78, 5) is 0. The lowest BCUT2D eigenvalue weighted by Gasteiger charge is -2.19. The van der Waals surface area contributed by atoms with Crippen LogP contribution in [0.2, 0.25) is 0 Å². The molecule has 132 valence electrons. The molecule has 0 spiro atoms. The highest BCUT2D eigenvalue weighted by Crippen LogP contribution is 2.32. The molecule has 0 saturated carbocycles. The molecule has 0 bridgehead atoms. The highest BCUT2D eigenvalue weighted by molar-refractivity contribution is 14.1. The van der Waals surface area contributed by atoms with Gasteiger partial charge in [-0.25, -0.2) is 0 Å². The molecule has 4 atom stereocenters. The Morgan fingerprint density at radius 2 is 2.00 bits per heavy atom. The van der Waals surface area contributed by atoms with Gasteiger partial charge >= 0.3 is 0 Å². The lowest BCUT2D eigenvalue weighted by atomic mass is 9.97. The standard InChI is InChI=1S/C18H29IO4/c1-12(14(3)19)10-15(20)4-6-17-13(2)11-16(23-17)5-7-18-21-8-9-22-18/h12,15-18,20H,2-11H2,1H3/t12-,15+,16-,17-/m0/s1. The summed E-state index contributed by atoms with van der Waals surface area (Å²) in [6.45, 7) is 11.6. The number of ether oxygens (including phenoxy) is 3. The van der Waals surface area contributed by atoms with Gasteiger partial charge in [0.15, 0.2) is 6.29 Å². The molecule has 0 aromatic heterocycles. The van der Waals surface area contributed by atoms with E-state index >= 15 is 0 Å². The van der Waals surface area contributed by atoms with Gasteiger partial charge in [-0.1, -0.05) is 20.1 Å². The molecule has 4 nitrogen and oxygen atoms in total. The molecule has 2 fully saturated rings. The van der Waals surface area contributed by atoms with Gasteiger partial charge in [0.05, 0.1) is 31.5 Å². The molecule has 1 N–H and O–H groups in total. The second kappa shape index (κ2) is 9.51. The molecule has 0 aromatic rings. The van der Waals surface area contributed by atoms with Crippen molar-refractivity contribution in [3.8, 4) is 0 Å². The molecule has 2 aliphatic heterocycles. The summed E-state index contributed by atoms with van der Waals surface area (Å²) in [5.74, 6) is 0.345. The average Bonchev–Trinajstić information content (AvgIpc) is 3.12. The Morgan fingerprint density at radius 1 is 1.30 bits per heavy atom. The van der Waals surface area contributed by atoms with Crippen LogP contribution in [0.3, 0.4) is 0 Å². The van der Waals surface area contributed by atoms with Crippen LogP contribution < -0.4 is 0 Å². The van der Waals surface area contributed by atoms with Crippen molar-refractivity contribution in [3.63, 3.8) is 0 Å². The topological polar surface area (TPSA) is 47.9 Å². The van der Waals surface area contributed by atoms with Crippen LogP contribution in [-0.2, 0) is 14.2 Å². The van der Waals surface area contributed by atoms with Crippen LogP contribution in [0, 0.1) is 5.92 Å². The molecular weight excluding hydrogens is 407 g/mol. The van der Waals surface area contributed by atoms with Crippen LogP contribution in [0.4, 0.5) is 0 Å². The zero-order valence-corrected chi connectivity index (χ0v) is 16.2. The summed E-state index contributed by atoms with van der Waals surface area (Å²) in [6, 6.07) is 0. The fourth-order valence-corrected chi connectivity index (χ4v) is 3.39. The van der Waals surface area contributed by atoms with E-state index in [4.69, 9.17) is 14.2 Å². The molecule has 2 heterocycles. The van der Waals surface area contributed by atoms with Crippen molar-refractivity contribution >= 4 is 22.6 Å². The number of hydrogen-bond donors (Lipinski definition) is 1. The summed E-state index contributed by atoms with van der Waals surface area (Å²) in [6.07, 6.45) is 5.02. The summed E-state index contributed by atoms with van der Waals surface area (Å²) in [5.41, 5.74) is 1.15. The van der Waals surface area contributed by atoms with E-state index in [0.717, 1.165) is 47.7 Å². The molecule has 0 amide bonds. The Labute approximate surface area is 153 Å². The van der Waals surface area contributed by atoms with Gasteiger partial charge in [0, 0.05) is 6.42 Å². The molecule has 0 unspecified atom stereocenters. The van der Waals surface area contributed by atoms with Crippen LogP contribution in [0.15, 0.2) is 22.3 Å². The van der Waals surface area contributed by atoms with Gasteiger partial charge in [0.2, 0.25) is 0 Å². The first kappa shape index (κ1) is 19.4. The number of aliphatic hydroxyl groups is 1. The van der Waals surface area contributed by atoms with E-state index in [1.165, 1.54) is 0 Å². The fraction of sp³-hybridized carbons (Fsp3) is 0.778. The predicted octanol–water partition coefficient (Wildman–Crippen LogP) is 3.97. The Bertz CT molecular complexity index is 406. The summed E-state index contributed by atoms with van der Waals surface area (Å²) >= 11 is 2.23. The Kier molecular flexibility index (Phi) is 8.01. The first-order valence-corrected chi connectivity index (χ1v) is 9.62. The number of hydrogen-bond acceptors (Lipinski definition) is 4. The van der Waals surface area contributed by atoms with Gasteiger partial charge in [-0.2, -0.15) is 0 Å². The maximum absolute atomic E-state index is 10.2. The molecule has 0 aromatic carbocycles. The molecule has 2 rings (SSSR count). The van der Waals surface area contributed by atoms with Gasteiger partial charge in [0.1, 0.15) is 0 Å². The van der Waals surface area contributed by atoms with Crippen LogP contribution in [0.5, 0.6) is 0 Å². The zero-order valence-electron chi connectivity index (χ0n) is 14.0. The quantitative estimate of drug-likeness (QED) is 0.439. The molecule has 5 heteroatoms. The Morgan fingerprint density at radius 3 is 2.65 bits per heavy atom. The maximum Gasteiger partial charge on any atom is 0.157 e. The largest absolute Gasteiger partial charge is 0.393 e. The monoisotopic (exact) mass is 436 g/mol. The second-order valence-electron chi connectivity index (χ2n) is 6.67. The van der Waals surface area contributed by atoms with Gasteiger partial charge in [-0.3, -0.25) is 0 Å². The highest BCUT2D eigenvalue weighted by Gasteiger charge is 2.30. The minimum atomic E-state index is -0.299. The Hall–Kier alpha value is 0.0500. The zero-order chi connectivity index (χ0) is 16.8. The molecular formula is C18H29IO4. The summed E-state index contributed by atoms with van der Waals surface area (Å²) < 4.78 is 18.1. The van der Waals surface area contributed by atoms with Crippen molar-refractivity contribution in [1.29, 1.82) is 0 Å². The average molecular weight is 436 g/mol. The molecule has 23 heavy (non-hydrogen) atoms. The summed E-state index contributed by atoms with van der Waals surface area (Å²) in [5, 5.41) is 10.2. The van der Waals surface area contributed by atoms with E-state index in [-0.39, 0.29) is 24.6 Å². The highest BCUT2D eigenvalue weighted by atomic mass is 127. The van der Waals surface area contributed by atoms with E-state index in [1.54, 1.807) is 0 Å². The van der Waals surface area contributed by atoms with Crippen LogP contribution in [0.1, 0.15) is 45.4 Å². The number of allylic oxidation sites excluding steroid dienone is 1. The van der Waals surface area contributed by atoms with Crippen molar-refractivity contribution in [2.75, 3.05) is 13.2 Å². The van der Waals surface area contributed by atoms with Gasteiger partial charge < -0.3 is 19.3 Å². The van der Waals surface area contributed by atoms with E-state index in [2.05, 4.69) is 42.7 Å². The van der Waals surface area contributed by atoms with Gasteiger partial charge in [0.25, 0.3) is 0 Å². The first-order valence-electron chi connectivity index (χ1n) is 8.54. The lowest BCUT2D eigenvalue weighted by Crippen LogP contribution is -2.18. The number of aliphatic hydroxyl groups excluding tert-OH is 1. The van der Waals surface area contributed by atoms with E-state index in [1.807, 2.05) is 0 Å². The maximum atomic E-state index is 10.2. The van der Waals surface area contributed by atoms with E-state index < -0.39 is 0 Å². The minimum absolute atomic E-state index is 0.0596. The number of halogens is 1. The van der Waals surface area contributed by atoms with Crippen molar-refractivity contribution in [1.82, 2.24) is 0 Å².